The van der Waals surface area contributed by atoms with Crippen LogP contribution in [0.5, 0.6) is 0 Å². The van der Waals surface area contributed by atoms with Gasteiger partial charge in [0.15, 0.2) is 5.16 Å². The molecule has 0 amide bonds. The monoisotopic (exact) mass is 330 g/mol. The highest BCUT2D eigenvalue weighted by Crippen LogP contribution is 2.31. The van der Waals surface area contributed by atoms with E-state index in [0.29, 0.717) is 5.16 Å². The van der Waals surface area contributed by atoms with E-state index in [0.717, 1.165) is 22.8 Å². The van der Waals surface area contributed by atoms with Crippen molar-refractivity contribution >= 4 is 34.4 Å². The zero-order valence-corrected chi connectivity index (χ0v) is 11.7. The van der Waals surface area contributed by atoms with Crippen LogP contribution in [0.25, 0.3) is 11.0 Å². The lowest BCUT2D eigenvalue weighted by atomic mass is 10.3. The van der Waals surface area contributed by atoms with Gasteiger partial charge in [-0.05, 0) is 23.9 Å². The van der Waals surface area contributed by atoms with Crippen LogP contribution in [0.15, 0.2) is 40.5 Å². The maximum absolute atomic E-state index is 12.6. The molecule has 0 unspecified atom stereocenters. The average Bonchev–Trinajstić information content (AvgIpc) is 2.79. The van der Waals surface area contributed by atoms with Crippen molar-refractivity contribution in [2.45, 2.75) is 16.4 Å². The maximum Gasteiger partial charge on any atom is 0.451 e. The summed E-state index contributed by atoms with van der Waals surface area (Å²) in [6, 6.07) is 8.53. The van der Waals surface area contributed by atoms with Crippen LogP contribution < -0.4 is 0 Å². The minimum atomic E-state index is -4.64. The Balaban J connectivity index is 1.95. The number of alkyl halides is 3. The summed E-state index contributed by atoms with van der Waals surface area (Å²) >= 11 is 6.56. The topological polar surface area (TPSA) is 54.5 Å². The van der Waals surface area contributed by atoms with E-state index in [-0.39, 0.29) is 10.2 Å². The predicted octanol–water partition coefficient (Wildman–Crippen LogP) is 4.18. The normalized spacial score (nSPS) is 12.0. The van der Waals surface area contributed by atoms with E-state index in [2.05, 4.69) is 19.9 Å². The lowest BCUT2D eigenvalue weighted by molar-refractivity contribution is -0.145. The summed E-state index contributed by atoms with van der Waals surface area (Å²) in [4.78, 5) is 13.9. The van der Waals surface area contributed by atoms with Crippen LogP contribution in [0.4, 0.5) is 13.2 Å². The molecule has 0 atom stereocenters. The predicted molar refractivity (Wildman–Crippen MR) is 72.3 cm³/mol. The van der Waals surface area contributed by atoms with Gasteiger partial charge in [0.25, 0.3) is 0 Å². The van der Waals surface area contributed by atoms with Crippen molar-refractivity contribution in [2.75, 3.05) is 0 Å². The highest BCUT2D eigenvalue weighted by atomic mass is 35.5. The molecule has 0 aliphatic rings. The van der Waals surface area contributed by atoms with E-state index in [1.165, 1.54) is 6.07 Å². The second-order valence-corrected chi connectivity index (χ2v) is 5.41. The molecule has 1 aromatic carbocycles. The second-order valence-electron chi connectivity index (χ2n) is 4.01. The van der Waals surface area contributed by atoms with Crippen LogP contribution in [0.1, 0.15) is 5.82 Å². The molecule has 21 heavy (non-hydrogen) atoms. The molecule has 0 saturated heterocycles. The molecule has 108 valence electrons. The number of aromatic nitrogens is 4. The Morgan fingerprint density at radius 2 is 1.86 bits per heavy atom. The van der Waals surface area contributed by atoms with Crippen LogP contribution in [0.2, 0.25) is 5.15 Å². The van der Waals surface area contributed by atoms with Crippen molar-refractivity contribution in [3.8, 4) is 0 Å². The van der Waals surface area contributed by atoms with Gasteiger partial charge in [-0.2, -0.15) is 13.2 Å². The Labute approximate surface area is 125 Å². The fraction of sp³-hybridized carbons (Fsp3) is 0.0833. The van der Waals surface area contributed by atoms with Crippen molar-refractivity contribution in [2.24, 2.45) is 0 Å². The van der Waals surface area contributed by atoms with E-state index in [4.69, 9.17) is 11.6 Å². The van der Waals surface area contributed by atoms with E-state index in [1.807, 2.05) is 18.2 Å². The fourth-order valence-electron chi connectivity index (χ4n) is 1.65. The van der Waals surface area contributed by atoms with Crippen LogP contribution in [-0.2, 0) is 6.18 Å². The Morgan fingerprint density at radius 1 is 1.10 bits per heavy atom. The number of halogens is 4. The summed E-state index contributed by atoms with van der Waals surface area (Å²) in [6.45, 7) is 0. The third kappa shape index (κ3) is 3.11. The molecule has 1 N–H and O–H groups in total. The van der Waals surface area contributed by atoms with Crippen LogP contribution in [-0.4, -0.2) is 19.9 Å². The van der Waals surface area contributed by atoms with E-state index < -0.39 is 12.0 Å². The van der Waals surface area contributed by atoms with Crippen molar-refractivity contribution in [1.82, 2.24) is 19.9 Å². The molecular formula is C12H6ClF3N4S. The largest absolute Gasteiger partial charge is 0.451 e. The number of nitrogens with one attached hydrogen (secondary N) is 1. The van der Waals surface area contributed by atoms with E-state index in [9.17, 15) is 13.2 Å². The minimum Gasteiger partial charge on any atom is -0.333 e. The smallest absolute Gasteiger partial charge is 0.333 e. The van der Waals surface area contributed by atoms with Gasteiger partial charge >= 0.3 is 6.18 Å². The average molecular weight is 331 g/mol. The number of benzene rings is 1. The van der Waals surface area contributed by atoms with Crippen molar-refractivity contribution < 1.29 is 13.2 Å². The first-order valence-corrected chi connectivity index (χ1v) is 6.85. The number of imidazole rings is 1. The maximum atomic E-state index is 12.6. The van der Waals surface area contributed by atoms with Crippen molar-refractivity contribution in [1.29, 1.82) is 0 Å². The van der Waals surface area contributed by atoms with Gasteiger partial charge < -0.3 is 4.98 Å². The molecule has 3 rings (SSSR count). The van der Waals surface area contributed by atoms with Gasteiger partial charge in [0.2, 0.25) is 5.82 Å². The zero-order chi connectivity index (χ0) is 15.0. The van der Waals surface area contributed by atoms with Gasteiger partial charge in [-0.25, -0.2) is 15.0 Å². The Morgan fingerprint density at radius 3 is 2.57 bits per heavy atom. The van der Waals surface area contributed by atoms with Gasteiger partial charge in [0, 0.05) is 6.07 Å². The first kappa shape index (κ1) is 14.2. The molecule has 9 heteroatoms. The quantitative estimate of drug-likeness (QED) is 0.716. The van der Waals surface area contributed by atoms with Crippen LogP contribution >= 0.6 is 23.4 Å². The number of rotatable bonds is 2. The molecule has 2 aromatic heterocycles. The summed E-state index contributed by atoms with van der Waals surface area (Å²) in [7, 11) is 0. The SMILES string of the molecule is FC(F)(F)c1nc(Cl)cc(Sc2nc3ccccc3[nH]2)n1. The standard InChI is InChI=1S/C12H6ClF3N4S/c13-8-5-9(20-10(19-8)12(14,15)16)21-11-17-6-3-1-2-4-7(6)18-11/h1-5H,(H,17,18). The molecular weight excluding hydrogens is 325 g/mol. The number of fused-ring (bicyclic) bond motifs is 1. The van der Waals surface area contributed by atoms with Gasteiger partial charge in [-0.3, -0.25) is 0 Å². The molecule has 0 radical (unpaired) electrons. The third-order valence-corrected chi connectivity index (χ3v) is 3.49. The van der Waals surface area contributed by atoms with Crippen molar-refractivity contribution in [3.05, 3.63) is 41.3 Å². The number of hydrogen-bond donors (Lipinski definition) is 1. The molecule has 0 bridgehead atoms. The number of H-pyrrole nitrogens is 1. The summed E-state index contributed by atoms with van der Waals surface area (Å²) in [6.07, 6.45) is -4.64. The molecule has 3 aromatic rings. The first-order valence-electron chi connectivity index (χ1n) is 5.66. The minimum absolute atomic E-state index is 0.0707. The van der Waals surface area contributed by atoms with E-state index >= 15 is 0 Å². The van der Waals surface area contributed by atoms with Crippen molar-refractivity contribution in [3.63, 3.8) is 0 Å². The summed E-state index contributed by atoms with van der Waals surface area (Å²) in [5.74, 6) is -1.27. The second kappa shape index (κ2) is 5.19. The molecule has 4 nitrogen and oxygen atoms in total. The fourth-order valence-corrected chi connectivity index (χ4v) is 2.71. The molecule has 0 spiro atoms. The Hall–Kier alpha value is -1.80. The Kier molecular flexibility index (Phi) is 3.50. The first-order chi connectivity index (χ1) is 9.91. The van der Waals surface area contributed by atoms with Gasteiger partial charge in [-0.1, -0.05) is 23.7 Å². The number of aromatic amines is 1. The molecule has 0 aliphatic heterocycles. The van der Waals surface area contributed by atoms with Gasteiger partial charge in [0.1, 0.15) is 10.2 Å². The zero-order valence-electron chi connectivity index (χ0n) is 10.1. The summed E-state index contributed by atoms with van der Waals surface area (Å²) in [5.41, 5.74) is 1.51. The van der Waals surface area contributed by atoms with Crippen LogP contribution in [0, 0.1) is 0 Å². The lowest BCUT2D eigenvalue weighted by Crippen LogP contribution is -2.11. The molecule has 0 aliphatic carbocycles. The number of hydrogen-bond acceptors (Lipinski definition) is 4. The van der Waals surface area contributed by atoms with Gasteiger partial charge in [0.05, 0.1) is 11.0 Å². The van der Waals surface area contributed by atoms with Crippen LogP contribution in [0.3, 0.4) is 0 Å². The molecule has 2 heterocycles. The highest BCUT2D eigenvalue weighted by Gasteiger charge is 2.35. The molecule has 0 fully saturated rings. The third-order valence-electron chi connectivity index (χ3n) is 2.49. The van der Waals surface area contributed by atoms with E-state index in [1.54, 1.807) is 6.07 Å². The highest BCUT2D eigenvalue weighted by molar-refractivity contribution is 7.99. The number of nitrogens with zero attached hydrogens (tertiary/aromatic N) is 3. The van der Waals surface area contributed by atoms with Gasteiger partial charge in [-0.15, -0.1) is 0 Å². The lowest BCUT2D eigenvalue weighted by Gasteiger charge is -2.06. The summed E-state index contributed by atoms with van der Waals surface area (Å²) in [5, 5.41) is 0.233. The summed E-state index contributed by atoms with van der Waals surface area (Å²) < 4.78 is 37.9. The Bertz CT molecular complexity index is 770. The number of para-hydroxylation sites is 2. The molecule has 0 saturated carbocycles.